The van der Waals surface area contributed by atoms with Gasteiger partial charge in [0.2, 0.25) is 0 Å². The quantitative estimate of drug-likeness (QED) is 0.591. The van der Waals surface area contributed by atoms with Gasteiger partial charge in [0, 0.05) is 12.1 Å². The van der Waals surface area contributed by atoms with Gasteiger partial charge in [-0.15, -0.1) is 0 Å². The number of hydrogen-bond acceptors (Lipinski definition) is 4. The third-order valence-corrected chi connectivity index (χ3v) is 7.71. The van der Waals surface area contributed by atoms with E-state index in [2.05, 4.69) is 43.1 Å². The normalized spacial score (nSPS) is 26.7. The van der Waals surface area contributed by atoms with Crippen LogP contribution >= 0.6 is 0 Å². The molecular formula is C28H35FN2O3. The SMILES string of the molecule is CCCOc1ccc(F)cc1-c1ccc2c(c1)CC(C)(C)C2NC(=O)O[C@@H]1CN2CCC1CC2. The number of halogens is 1. The van der Waals surface area contributed by atoms with Crippen LogP contribution in [0.5, 0.6) is 5.75 Å². The van der Waals surface area contributed by atoms with Crippen LogP contribution in [0.15, 0.2) is 36.4 Å². The highest BCUT2D eigenvalue weighted by Crippen LogP contribution is 2.47. The summed E-state index contributed by atoms with van der Waals surface area (Å²) < 4.78 is 25.9. The van der Waals surface area contributed by atoms with E-state index in [9.17, 15) is 9.18 Å². The first-order chi connectivity index (χ1) is 16.3. The summed E-state index contributed by atoms with van der Waals surface area (Å²) in [5.74, 6) is 0.892. The van der Waals surface area contributed by atoms with Gasteiger partial charge in [-0.05, 0) is 85.0 Å². The predicted molar refractivity (Wildman–Crippen MR) is 130 cm³/mol. The molecule has 1 amide bonds. The minimum Gasteiger partial charge on any atom is -0.493 e. The zero-order valence-corrected chi connectivity index (χ0v) is 20.4. The highest BCUT2D eigenvalue weighted by molar-refractivity contribution is 5.73. The predicted octanol–water partition coefficient (Wildman–Crippen LogP) is 5.73. The van der Waals surface area contributed by atoms with Crippen LogP contribution in [-0.2, 0) is 11.2 Å². The molecule has 2 aromatic carbocycles. The molecule has 1 N–H and O–H groups in total. The van der Waals surface area contributed by atoms with Crippen LogP contribution in [0.3, 0.4) is 0 Å². The van der Waals surface area contributed by atoms with Crippen LogP contribution in [0, 0.1) is 17.2 Å². The van der Waals surface area contributed by atoms with Crippen LogP contribution in [0.2, 0.25) is 0 Å². The van der Waals surface area contributed by atoms with E-state index in [1.807, 2.05) is 6.07 Å². The number of rotatable bonds is 6. The minimum atomic E-state index is -0.325. The molecule has 0 aromatic heterocycles. The standard InChI is InChI=1S/C28H35FN2O3/c1-4-13-33-24-8-6-21(29)15-23(24)19-5-7-22-20(14-19)16-28(2,3)26(22)30-27(32)34-25-17-31-11-9-18(25)10-12-31/h5-8,14-15,18,25-26H,4,9-13,16-17H2,1-3H3,(H,30,32)/t25-,26?/m1/s1. The highest BCUT2D eigenvalue weighted by atomic mass is 19.1. The molecule has 2 aromatic rings. The lowest BCUT2D eigenvalue weighted by atomic mass is 9.85. The first-order valence-corrected chi connectivity index (χ1v) is 12.6. The Hall–Kier alpha value is -2.60. The number of nitrogens with zero attached hydrogens (tertiary/aromatic N) is 1. The average Bonchev–Trinajstić information content (AvgIpc) is 3.07. The van der Waals surface area contributed by atoms with E-state index in [1.54, 1.807) is 6.07 Å². The molecule has 1 aliphatic carbocycles. The largest absolute Gasteiger partial charge is 0.493 e. The van der Waals surface area contributed by atoms with E-state index in [-0.39, 0.29) is 29.5 Å². The zero-order chi connectivity index (χ0) is 23.9. The zero-order valence-electron chi connectivity index (χ0n) is 20.4. The maximum atomic E-state index is 14.1. The summed E-state index contributed by atoms with van der Waals surface area (Å²) in [7, 11) is 0. The Bertz CT molecular complexity index is 1060. The number of fused-ring (bicyclic) bond motifs is 4. The van der Waals surface area contributed by atoms with Gasteiger partial charge in [0.1, 0.15) is 17.7 Å². The smallest absolute Gasteiger partial charge is 0.407 e. The van der Waals surface area contributed by atoms with E-state index < -0.39 is 0 Å². The summed E-state index contributed by atoms with van der Waals surface area (Å²) in [5.41, 5.74) is 3.80. The second-order valence-electron chi connectivity index (χ2n) is 10.7. The van der Waals surface area contributed by atoms with Gasteiger partial charge in [-0.25, -0.2) is 9.18 Å². The van der Waals surface area contributed by atoms with Crippen molar-refractivity contribution < 1.29 is 18.7 Å². The Morgan fingerprint density at radius 1 is 1.18 bits per heavy atom. The van der Waals surface area contributed by atoms with Gasteiger partial charge in [-0.3, -0.25) is 4.90 Å². The third-order valence-electron chi connectivity index (χ3n) is 7.71. The van der Waals surface area contributed by atoms with Crippen molar-refractivity contribution in [2.45, 2.75) is 58.6 Å². The van der Waals surface area contributed by atoms with E-state index in [0.717, 1.165) is 62.0 Å². The number of carbonyl (C=O) groups is 1. The lowest BCUT2D eigenvalue weighted by Crippen LogP contribution is -2.53. The average molecular weight is 467 g/mol. The lowest BCUT2D eigenvalue weighted by molar-refractivity contribution is -0.0348. The molecule has 2 bridgehead atoms. The van der Waals surface area contributed by atoms with Crippen molar-refractivity contribution in [3.05, 3.63) is 53.3 Å². The summed E-state index contributed by atoms with van der Waals surface area (Å²) in [6.07, 6.45) is 3.60. The van der Waals surface area contributed by atoms with Crippen molar-refractivity contribution in [2.75, 3.05) is 26.2 Å². The van der Waals surface area contributed by atoms with E-state index in [1.165, 1.54) is 17.7 Å². The Morgan fingerprint density at radius 2 is 1.97 bits per heavy atom. The topological polar surface area (TPSA) is 50.8 Å². The van der Waals surface area contributed by atoms with Crippen LogP contribution in [0.25, 0.3) is 11.1 Å². The van der Waals surface area contributed by atoms with Gasteiger partial charge in [0.05, 0.1) is 12.6 Å². The second-order valence-corrected chi connectivity index (χ2v) is 10.7. The summed E-state index contributed by atoms with van der Waals surface area (Å²) in [4.78, 5) is 15.3. The van der Waals surface area contributed by atoms with E-state index >= 15 is 0 Å². The number of amides is 1. The molecule has 6 heteroatoms. The van der Waals surface area contributed by atoms with Crippen LogP contribution in [-0.4, -0.2) is 43.3 Å². The minimum absolute atomic E-state index is 0.0108. The second kappa shape index (κ2) is 9.21. The number of ether oxygens (including phenoxy) is 2. The lowest BCUT2D eigenvalue weighted by Gasteiger charge is -2.44. The molecule has 0 radical (unpaired) electrons. The molecule has 3 fully saturated rings. The van der Waals surface area contributed by atoms with Crippen molar-refractivity contribution in [1.29, 1.82) is 0 Å². The molecule has 6 rings (SSSR count). The monoisotopic (exact) mass is 466 g/mol. The summed E-state index contributed by atoms with van der Waals surface area (Å²) in [6.45, 7) is 10.1. The molecule has 0 spiro atoms. The number of piperidine rings is 3. The maximum absolute atomic E-state index is 14.1. The van der Waals surface area contributed by atoms with Crippen molar-refractivity contribution in [2.24, 2.45) is 11.3 Å². The molecule has 1 unspecified atom stereocenters. The fourth-order valence-corrected chi connectivity index (χ4v) is 5.89. The fourth-order valence-electron chi connectivity index (χ4n) is 5.89. The van der Waals surface area contributed by atoms with Crippen molar-refractivity contribution in [3.63, 3.8) is 0 Å². The van der Waals surface area contributed by atoms with Gasteiger partial charge in [-0.1, -0.05) is 39.0 Å². The highest BCUT2D eigenvalue weighted by Gasteiger charge is 2.42. The number of nitrogens with one attached hydrogen (secondary N) is 1. The van der Waals surface area contributed by atoms with Gasteiger partial charge < -0.3 is 14.8 Å². The third kappa shape index (κ3) is 4.52. The molecule has 2 atom stereocenters. The first kappa shape index (κ1) is 23.2. The molecule has 3 saturated heterocycles. The number of alkyl carbamates (subject to hydrolysis) is 1. The Kier molecular flexibility index (Phi) is 6.28. The molecule has 0 saturated carbocycles. The summed E-state index contributed by atoms with van der Waals surface area (Å²) in [5, 5.41) is 3.18. The first-order valence-electron chi connectivity index (χ1n) is 12.6. The Labute approximate surface area is 201 Å². The molecule has 3 aliphatic heterocycles. The number of benzene rings is 2. The summed E-state index contributed by atoms with van der Waals surface area (Å²) >= 11 is 0. The molecule has 4 aliphatic rings. The van der Waals surface area contributed by atoms with Gasteiger partial charge in [-0.2, -0.15) is 0 Å². The van der Waals surface area contributed by atoms with Gasteiger partial charge >= 0.3 is 6.09 Å². The van der Waals surface area contributed by atoms with Crippen molar-refractivity contribution in [1.82, 2.24) is 10.2 Å². The van der Waals surface area contributed by atoms with Gasteiger partial charge in [0.25, 0.3) is 0 Å². The Balaban J connectivity index is 1.35. The molecular weight excluding hydrogens is 431 g/mol. The summed E-state index contributed by atoms with van der Waals surface area (Å²) in [6, 6.07) is 10.7. The fraction of sp³-hybridized carbons (Fsp3) is 0.536. The number of carbonyl (C=O) groups excluding carboxylic acids is 1. The molecule has 3 heterocycles. The van der Waals surface area contributed by atoms with Crippen LogP contribution in [0.1, 0.15) is 57.2 Å². The molecule has 182 valence electrons. The number of hydrogen-bond donors (Lipinski definition) is 1. The molecule has 5 nitrogen and oxygen atoms in total. The van der Waals surface area contributed by atoms with Crippen LogP contribution < -0.4 is 10.1 Å². The van der Waals surface area contributed by atoms with Crippen molar-refractivity contribution in [3.8, 4) is 16.9 Å². The van der Waals surface area contributed by atoms with E-state index in [4.69, 9.17) is 9.47 Å². The van der Waals surface area contributed by atoms with Crippen LogP contribution in [0.4, 0.5) is 9.18 Å². The molecule has 34 heavy (non-hydrogen) atoms. The van der Waals surface area contributed by atoms with E-state index in [0.29, 0.717) is 18.3 Å². The van der Waals surface area contributed by atoms with Crippen molar-refractivity contribution >= 4 is 6.09 Å². The van der Waals surface area contributed by atoms with Gasteiger partial charge in [0.15, 0.2) is 0 Å². The Morgan fingerprint density at radius 3 is 2.68 bits per heavy atom. The maximum Gasteiger partial charge on any atom is 0.407 e.